The number of aliphatic hydroxyl groups is 1. The molecule has 0 aromatic heterocycles. The third-order valence-electron chi connectivity index (χ3n) is 3.39. The Morgan fingerprint density at radius 2 is 2.15 bits per heavy atom. The highest BCUT2D eigenvalue weighted by Gasteiger charge is 2.29. The van der Waals surface area contributed by atoms with E-state index in [-0.39, 0.29) is 24.1 Å². The molecule has 1 fully saturated rings. The lowest BCUT2D eigenvalue weighted by molar-refractivity contribution is 0.246. The van der Waals surface area contributed by atoms with Crippen molar-refractivity contribution in [3.63, 3.8) is 0 Å². The first-order valence-electron chi connectivity index (χ1n) is 6.64. The Balaban J connectivity index is 2.24. The van der Waals surface area contributed by atoms with Crippen molar-refractivity contribution in [2.24, 2.45) is 0 Å². The van der Waals surface area contributed by atoms with Crippen molar-refractivity contribution in [1.82, 2.24) is 9.62 Å². The van der Waals surface area contributed by atoms with E-state index in [1.807, 2.05) is 0 Å². The van der Waals surface area contributed by atoms with Gasteiger partial charge in [-0.15, -0.1) is 0 Å². The first-order valence-corrected chi connectivity index (χ1v) is 8.88. The van der Waals surface area contributed by atoms with Crippen molar-refractivity contribution in [2.45, 2.75) is 23.8 Å². The summed E-state index contributed by atoms with van der Waals surface area (Å²) in [5, 5.41) is 12.4. The average molecular weight is 363 g/mol. The Bertz CT molecular complexity index is 544. The van der Waals surface area contributed by atoms with Crippen molar-refractivity contribution in [3.05, 3.63) is 28.7 Å². The Labute approximate surface area is 128 Å². The fourth-order valence-corrected chi connectivity index (χ4v) is 4.81. The van der Waals surface area contributed by atoms with Gasteiger partial charge in [0.05, 0.1) is 11.5 Å². The summed E-state index contributed by atoms with van der Waals surface area (Å²) in [6.45, 7) is 1.25. The molecule has 0 radical (unpaired) electrons. The second-order valence-electron chi connectivity index (χ2n) is 4.81. The summed E-state index contributed by atoms with van der Waals surface area (Å²) in [4.78, 5) is 0.242. The minimum Gasteiger partial charge on any atom is -0.395 e. The molecular weight excluding hydrogens is 344 g/mol. The maximum Gasteiger partial charge on any atom is 0.244 e. The van der Waals surface area contributed by atoms with Crippen LogP contribution in [-0.4, -0.2) is 50.1 Å². The molecule has 2 rings (SSSR count). The number of nitrogens with one attached hydrogen (secondary N) is 1. The van der Waals surface area contributed by atoms with Gasteiger partial charge >= 0.3 is 0 Å². The van der Waals surface area contributed by atoms with Crippen LogP contribution in [0.4, 0.5) is 0 Å². The lowest BCUT2D eigenvalue weighted by Crippen LogP contribution is -2.42. The van der Waals surface area contributed by atoms with Gasteiger partial charge in [0.15, 0.2) is 0 Å². The molecule has 7 heteroatoms. The van der Waals surface area contributed by atoms with Crippen molar-refractivity contribution < 1.29 is 13.5 Å². The first-order chi connectivity index (χ1) is 9.55. The van der Waals surface area contributed by atoms with Gasteiger partial charge in [-0.05, 0) is 47.4 Å². The van der Waals surface area contributed by atoms with E-state index >= 15 is 0 Å². The van der Waals surface area contributed by atoms with Gasteiger partial charge in [0.1, 0.15) is 0 Å². The van der Waals surface area contributed by atoms with Crippen LogP contribution in [0, 0.1) is 0 Å². The zero-order valence-corrected chi connectivity index (χ0v) is 13.5. The Kier molecular flexibility index (Phi) is 5.57. The molecule has 0 spiro atoms. The van der Waals surface area contributed by atoms with Crippen LogP contribution in [0.2, 0.25) is 0 Å². The monoisotopic (exact) mass is 362 g/mol. The molecule has 112 valence electrons. The number of hydrogen-bond acceptors (Lipinski definition) is 4. The van der Waals surface area contributed by atoms with Gasteiger partial charge in [0.2, 0.25) is 10.0 Å². The average Bonchev–Trinajstić information content (AvgIpc) is 2.91. The fourth-order valence-electron chi connectivity index (χ4n) is 2.37. The molecule has 1 aromatic carbocycles. The van der Waals surface area contributed by atoms with Crippen molar-refractivity contribution >= 4 is 26.0 Å². The molecule has 1 aliphatic heterocycles. The van der Waals surface area contributed by atoms with Crippen molar-refractivity contribution in [2.75, 3.05) is 26.2 Å². The van der Waals surface area contributed by atoms with Crippen LogP contribution in [-0.2, 0) is 10.0 Å². The molecule has 2 N–H and O–H groups in total. The predicted molar refractivity (Wildman–Crippen MR) is 81.0 cm³/mol. The van der Waals surface area contributed by atoms with E-state index in [4.69, 9.17) is 5.11 Å². The lowest BCUT2D eigenvalue weighted by Gasteiger charge is -2.25. The molecule has 0 amide bonds. The van der Waals surface area contributed by atoms with Crippen LogP contribution < -0.4 is 5.32 Å². The smallest absolute Gasteiger partial charge is 0.244 e. The number of aliphatic hydroxyl groups excluding tert-OH is 1. The van der Waals surface area contributed by atoms with Crippen LogP contribution in [0.1, 0.15) is 12.8 Å². The molecule has 1 unspecified atom stereocenters. The second kappa shape index (κ2) is 7.00. The molecule has 0 aliphatic carbocycles. The predicted octanol–water partition coefficient (Wildman–Crippen LogP) is 1.18. The van der Waals surface area contributed by atoms with E-state index in [9.17, 15) is 8.42 Å². The van der Waals surface area contributed by atoms with Crippen LogP contribution in [0.15, 0.2) is 33.6 Å². The Morgan fingerprint density at radius 3 is 2.75 bits per heavy atom. The minimum atomic E-state index is -3.59. The van der Waals surface area contributed by atoms with Crippen molar-refractivity contribution in [3.8, 4) is 0 Å². The van der Waals surface area contributed by atoms with Gasteiger partial charge in [-0.3, -0.25) is 0 Å². The molecule has 1 heterocycles. The van der Waals surface area contributed by atoms with Crippen LogP contribution in [0.3, 0.4) is 0 Å². The third kappa shape index (κ3) is 3.59. The number of nitrogens with zero attached hydrogens (tertiary/aromatic N) is 1. The highest BCUT2D eigenvalue weighted by atomic mass is 79.9. The molecule has 20 heavy (non-hydrogen) atoms. The maximum atomic E-state index is 12.7. The van der Waals surface area contributed by atoms with Crippen LogP contribution >= 0.6 is 15.9 Å². The number of sulfonamides is 1. The zero-order valence-electron chi connectivity index (χ0n) is 11.1. The second-order valence-corrected chi connectivity index (χ2v) is 7.57. The molecule has 0 bridgehead atoms. The summed E-state index contributed by atoms with van der Waals surface area (Å²) < 4.78 is 27.3. The SMILES string of the molecule is O=S(=O)(c1ccccc1Br)N(CCO)CC1CCCN1. The molecule has 5 nitrogen and oxygen atoms in total. The fraction of sp³-hybridized carbons (Fsp3) is 0.538. The van der Waals surface area contributed by atoms with E-state index in [2.05, 4.69) is 21.2 Å². The van der Waals surface area contributed by atoms with Gasteiger partial charge in [0, 0.05) is 23.6 Å². The number of hydrogen-bond donors (Lipinski definition) is 2. The molecule has 0 saturated carbocycles. The highest BCUT2D eigenvalue weighted by molar-refractivity contribution is 9.10. The quantitative estimate of drug-likeness (QED) is 0.797. The summed E-state index contributed by atoms with van der Waals surface area (Å²) in [5.41, 5.74) is 0. The highest BCUT2D eigenvalue weighted by Crippen LogP contribution is 2.25. The maximum absolute atomic E-state index is 12.7. The summed E-state index contributed by atoms with van der Waals surface area (Å²) >= 11 is 3.28. The van der Waals surface area contributed by atoms with E-state index in [1.165, 1.54) is 4.31 Å². The summed E-state index contributed by atoms with van der Waals surface area (Å²) in [6.07, 6.45) is 2.03. The summed E-state index contributed by atoms with van der Waals surface area (Å²) in [5.74, 6) is 0. The van der Waals surface area contributed by atoms with Crippen LogP contribution in [0.25, 0.3) is 0 Å². The number of halogens is 1. The lowest BCUT2D eigenvalue weighted by atomic mass is 10.2. The first kappa shape index (κ1) is 15.9. The van der Waals surface area contributed by atoms with E-state index in [1.54, 1.807) is 24.3 Å². The van der Waals surface area contributed by atoms with Gasteiger partial charge in [-0.25, -0.2) is 8.42 Å². The van der Waals surface area contributed by atoms with E-state index in [0.29, 0.717) is 11.0 Å². The minimum absolute atomic E-state index is 0.113. The van der Waals surface area contributed by atoms with Gasteiger partial charge in [-0.1, -0.05) is 12.1 Å². The van der Waals surface area contributed by atoms with E-state index in [0.717, 1.165) is 19.4 Å². The topological polar surface area (TPSA) is 69.6 Å². The Morgan fingerprint density at radius 1 is 1.40 bits per heavy atom. The van der Waals surface area contributed by atoms with Crippen LogP contribution in [0.5, 0.6) is 0 Å². The number of benzene rings is 1. The van der Waals surface area contributed by atoms with E-state index < -0.39 is 10.0 Å². The molecule has 1 aromatic rings. The van der Waals surface area contributed by atoms with Gasteiger partial charge in [-0.2, -0.15) is 4.31 Å². The molecule has 1 aliphatic rings. The summed E-state index contributed by atoms with van der Waals surface area (Å²) in [6, 6.07) is 6.92. The zero-order chi connectivity index (χ0) is 14.6. The Hall–Kier alpha value is -0.470. The molecule has 1 saturated heterocycles. The van der Waals surface area contributed by atoms with Gasteiger partial charge < -0.3 is 10.4 Å². The standard InChI is InChI=1S/C13H19BrN2O3S/c14-12-5-1-2-6-13(12)20(18,19)16(8-9-17)10-11-4-3-7-15-11/h1-2,5-6,11,15,17H,3-4,7-10H2. The largest absolute Gasteiger partial charge is 0.395 e. The summed E-state index contributed by atoms with van der Waals surface area (Å²) in [7, 11) is -3.59. The molecule has 1 atom stereocenters. The molecular formula is C13H19BrN2O3S. The third-order valence-corrected chi connectivity index (χ3v) is 6.27. The van der Waals surface area contributed by atoms with Gasteiger partial charge in [0.25, 0.3) is 0 Å². The van der Waals surface area contributed by atoms with Crippen molar-refractivity contribution in [1.29, 1.82) is 0 Å². The number of rotatable bonds is 6. The normalized spacial score (nSPS) is 19.6.